The number of nitrogens with zero attached hydrogens (tertiary/aromatic N) is 1. The molecule has 0 spiro atoms. The summed E-state index contributed by atoms with van der Waals surface area (Å²) in [5, 5.41) is 3.30. The number of hydrogen-bond donors (Lipinski definition) is 1. The summed E-state index contributed by atoms with van der Waals surface area (Å²) in [6.07, 6.45) is 6.04. The van der Waals surface area contributed by atoms with Crippen LogP contribution in [0.5, 0.6) is 0 Å². The van der Waals surface area contributed by atoms with Crippen LogP contribution in [0.3, 0.4) is 0 Å². The van der Waals surface area contributed by atoms with E-state index in [2.05, 4.69) is 17.2 Å². The van der Waals surface area contributed by atoms with Gasteiger partial charge in [-0.1, -0.05) is 6.92 Å². The maximum atomic E-state index is 5.81. The van der Waals surface area contributed by atoms with Gasteiger partial charge in [0.1, 0.15) is 5.76 Å². The molecule has 0 atom stereocenters. The summed E-state index contributed by atoms with van der Waals surface area (Å²) in [5.74, 6) is 2.44. The molecule has 1 aliphatic rings. The van der Waals surface area contributed by atoms with Crippen molar-refractivity contribution < 1.29 is 9.15 Å². The zero-order valence-corrected chi connectivity index (χ0v) is 10.6. The van der Waals surface area contributed by atoms with E-state index in [0.29, 0.717) is 5.92 Å². The van der Waals surface area contributed by atoms with Gasteiger partial charge in [-0.15, -0.1) is 0 Å². The van der Waals surface area contributed by atoms with E-state index in [1.54, 1.807) is 0 Å². The van der Waals surface area contributed by atoms with E-state index >= 15 is 0 Å². The minimum atomic E-state index is 0.513. The monoisotopic (exact) mass is 238 g/mol. The molecule has 0 aliphatic carbocycles. The smallest absolute Gasteiger partial charge is 0.194 e. The van der Waals surface area contributed by atoms with Gasteiger partial charge in [-0.2, -0.15) is 0 Å². The first-order valence-corrected chi connectivity index (χ1v) is 6.63. The number of aromatic nitrogens is 1. The predicted molar refractivity (Wildman–Crippen MR) is 66.2 cm³/mol. The van der Waals surface area contributed by atoms with E-state index < -0.39 is 0 Å². The molecule has 1 aromatic heterocycles. The van der Waals surface area contributed by atoms with E-state index in [0.717, 1.165) is 63.6 Å². The summed E-state index contributed by atoms with van der Waals surface area (Å²) in [5.41, 5.74) is 0. The molecule has 0 bridgehead atoms. The highest BCUT2D eigenvalue weighted by Gasteiger charge is 2.19. The molecule has 4 heteroatoms. The van der Waals surface area contributed by atoms with Gasteiger partial charge in [0.15, 0.2) is 5.89 Å². The highest BCUT2D eigenvalue weighted by Crippen LogP contribution is 2.27. The van der Waals surface area contributed by atoms with Crippen LogP contribution in [0.4, 0.5) is 0 Å². The van der Waals surface area contributed by atoms with Crippen molar-refractivity contribution >= 4 is 0 Å². The fourth-order valence-corrected chi connectivity index (χ4v) is 2.15. The normalized spacial score (nSPS) is 17.5. The molecule has 17 heavy (non-hydrogen) atoms. The van der Waals surface area contributed by atoms with Crippen molar-refractivity contribution in [3.05, 3.63) is 17.8 Å². The van der Waals surface area contributed by atoms with Crippen molar-refractivity contribution in [3.63, 3.8) is 0 Å². The fraction of sp³-hybridized carbons (Fsp3) is 0.769. The van der Waals surface area contributed by atoms with Crippen molar-refractivity contribution in [1.29, 1.82) is 0 Å². The minimum absolute atomic E-state index is 0.513. The zero-order valence-electron chi connectivity index (χ0n) is 10.6. The first kappa shape index (κ1) is 12.6. The van der Waals surface area contributed by atoms with Gasteiger partial charge in [0.05, 0.1) is 6.20 Å². The third kappa shape index (κ3) is 3.82. The van der Waals surface area contributed by atoms with Gasteiger partial charge in [0.2, 0.25) is 0 Å². The molecular formula is C13H22N2O2. The Balaban J connectivity index is 1.78. The lowest BCUT2D eigenvalue weighted by atomic mass is 9.98. The van der Waals surface area contributed by atoms with Crippen LogP contribution in [-0.2, 0) is 11.2 Å². The Morgan fingerprint density at radius 2 is 2.24 bits per heavy atom. The number of hydrogen-bond acceptors (Lipinski definition) is 4. The van der Waals surface area contributed by atoms with E-state index in [1.165, 1.54) is 0 Å². The quantitative estimate of drug-likeness (QED) is 0.771. The highest BCUT2D eigenvalue weighted by molar-refractivity contribution is 5.02. The molecule has 2 rings (SSSR count). The lowest BCUT2D eigenvalue weighted by Crippen LogP contribution is -2.14. The maximum Gasteiger partial charge on any atom is 0.194 e. The van der Waals surface area contributed by atoms with Gasteiger partial charge < -0.3 is 14.5 Å². The van der Waals surface area contributed by atoms with Crippen LogP contribution < -0.4 is 5.32 Å². The Hall–Kier alpha value is -0.870. The van der Waals surface area contributed by atoms with E-state index in [4.69, 9.17) is 9.15 Å². The van der Waals surface area contributed by atoms with Crippen LogP contribution in [0.2, 0.25) is 0 Å². The summed E-state index contributed by atoms with van der Waals surface area (Å²) < 4.78 is 11.2. The SMILES string of the molecule is CCNCCCc1ncc(C2CCOCC2)o1. The molecule has 0 saturated carbocycles. The third-order valence-corrected chi connectivity index (χ3v) is 3.19. The van der Waals surface area contributed by atoms with E-state index in [1.807, 2.05) is 6.20 Å². The third-order valence-electron chi connectivity index (χ3n) is 3.19. The van der Waals surface area contributed by atoms with Crippen molar-refractivity contribution in [3.8, 4) is 0 Å². The van der Waals surface area contributed by atoms with Gasteiger partial charge in [-0.05, 0) is 32.4 Å². The average Bonchev–Trinajstić information content (AvgIpc) is 2.85. The molecule has 1 N–H and O–H groups in total. The average molecular weight is 238 g/mol. The van der Waals surface area contributed by atoms with Crippen LogP contribution >= 0.6 is 0 Å². The highest BCUT2D eigenvalue weighted by atomic mass is 16.5. The summed E-state index contributed by atoms with van der Waals surface area (Å²) in [6.45, 7) is 5.88. The van der Waals surface area contributed by atoms with E-state index in [9.17, 15) is 0 Å². The molecule has 96 valence electrons. The van der Waals surface area contributed by atoms with Crippen LogP contribution in [-0.4, -0.2) is 31.3 Å². The summed E-state index contributed by atoms with van der Waals surface area (Å²) in [7, 11) is 0. The lowest BCUT2D eigenvalue weighted by Gasteiger charge is -2.19. The summed E-state index contributed by atoms with van der Waals surface area (Å²) in [6, 6.07) is 0. The molecule has 1 saturated heterocycles. The number of aryl methyl sites for hydroxylation is 1. The molecule has 1 fully saturated rings. The fourth-order valence-electron chi connectivity index (χ4n) is 2.15. The van der Waals surface area contributed by atoms with Crippen LogP contribution in [0.15, 0.2) is 10.6 Å². The number of nitrogens with one attached hydrogen (secondary N) is 1. The van der Waals surface area contributed by atoms with Crippen LogP contribution in [0.1, 0.15) is 43.8 Å². The predicted octanol–water partition coefficient (Wildman–Crippen LogP) is 2.11. The molecule has 0 radical (unpaired) electrons. The largest absolute Gasteiger partial charge is 0.445 e. The van der Waals surface area contributed by atoms with Gasteiger partial charge in [0, 0.05) is 25.6 Å². The van der Waals surface area contributed by atoms with Gasteiger partial charge in [-0.3, -0.25) is 0 Å². The van der Waals surface area contributed by atoms with Crippen LogP contribution in [0.25, 0.3) is 0 Å². The van der Waals surface area contributed by atoms with Crippen LogP contribution in [0, 0.1) is 0 Å². The maximum absolute atomic E-state index is 5.81. The van der Waals surface area contributed by atoms with Gasteiger partial charge in [0.25, 0.3) is 0 Å². The first-order chi connectivity index (χ1) is 8.40. The number of oxazole rings is 1. The second kappa shape index (κ2) is 6.77. The topological polar surface area (TPSA) is 47.3 Å². The molecule has 0 amide bonds. The Labute approximate surface area is 103 Å². The molecule has 2 heterocycles. The minimum Gasteiger partial charge on any atom is -0.445 e. The lowest BCUT2D eigenvalue weighted by molar-refractivity contribution is 0.0803. The van der Waals surface area contributed by atoms with E-state index in [-0.39, 0.29) is 0 Å². The Morgan fingerprint density at radius 3 is 3.00 bits per heavy atom. The zero-order chi connectivity index (χ0) is 11.9. The molecular weight excluding hydrogens is 216 g/mol. The second-order valence-corrected chi connectivity index (χ2v) is 4.50. The molecule has 0 unspecified atom stereocenters. The van der Waals surface area contributed by atoms with Crippen molar-refractivity contribution in [2.75, 3.05) is 26.3 Å². The molecule has 1 aromatic rings. The Morgan fingerprint density at radius 1 is 1.41 bits per heavy atom. The molecule has 0 aromatic carbocycles. The molecule has 1 aliphatic heterocycles. The number of ether oxygens (including phenoxy) is 1. The second-order valence-electron chi connectivity index (χ2n) is 4.50. The Kier molecular flexibility index (Phi) is 5.01. The van der Waals surface area contributed by atoms with Crippen molar-refractivity contribution in [2.45, 2.75) is 38.5 Å². The van der Waals surface area contributed by atoms with Crippen molar-refractivity contribution in [2.24, 2.45) is 0 Å². The summed E-state index contributed by atoms with van der Waals surface area (Å²) in [4.78, 5) is 4.35. The van der Waals surface area contributed by atoms with Gasteiger partial charge >= 0.3 is 0 Å². The standard InChI is InChI=1S/C13H22N2O2/c1-2-14-7-3-4-13-15-10-12(17-13)11-5-8-16-9-6-11/h10-11,14H,2-9H2,1H3. The number of rotatable bonds is 6. The molecule has 4 nitrogen and oxygen atoms in total. The van der Waals surface area contributed by atoms with Crippen molar-refractivity contribution in [1.82, 2.24) is 10.3 Å². The summed E-state index contributed by atoms with van der Waals surface area (Å²) >= 11 is 0. The Bertz CT molecular complexity index is 319. The van der Waals surface area contributed by atoms with Gasteiger partial charge in [-0.25, -0.2) is 4.98 Å². The first-order valence-electron chi connectivity index (χ1n) is 6.63.